The van der Waals surface area contributed by atoms with Gasteiger partial charge >= 0.3 is 0 Å². The Kier molecular flexibility index (Phi) is 5.00. The molecule has 0 spiro atoms. The molecule has 2 heteroatoms. The van der Waals surface area contributed by atoms with Crippen molar-refractivity contribution in [2.24, 2.45) is 10.8 Å². The highest BCUT2D eigenvalue weighted by atomic mass is 16.5. The summed E-state index contributed by atoms with van der Waals surface area (Å²) in [7, 11) is 0. The van der Waals surface area contributed by atoms with Crippen LogP contribution in [0.15, 0.2) is 48.3 Å². The van der Waals surface area contributed by atoms with E-state index in [1.165, 1.54) is 5.56 Å². The molecule has 0 saturated carbocycles. The van der Waals surface area contributed by atoms with Crippen LogP contribution >= 0.6 is 0 Å². The van der Waals surface area contributed by atoms with Gasteiger partial charge in [-0.3, -0.25) is 0 Å². The molecule has 0 atom stereocenters. The van der Waals surface area contributed by atoms with E-state index in [0.29, 0.717) is 13.2 Å². The normalized spacial score (nSPS) is 17.0. The summed E-state index contributed by atoms with van der Waals surface area (Å²) < 4.78 is 11.8. The fraction of sp³-hybridized carbons (Fsp3) is 0.500. The van der Waals surface area contributed by atoms with Gasteiger partial charge in [-0.05, 0) is 43.0 Å². The average Bonchev–Trinajstić information content (AvgIpc) is 2.46. The Bertz CT molecular complexity index is 548. The van der Waals surface area contributed by atoms with Gasteiger partial charge in [0.05, 0.1) is 13.2 Å². The lowest BCUT2D eigenvalue weighted by Gasteiger charge is -2.27. The Labute approximate surface area is 134 Å². The number of ether oxygens (including phenoxy) is 2. The summed E-state index contributed by atoms with van der Waals surface area (Å²) >= 11 is 0. The molecule has 0 unspecified atom stereocenters. The second-order valence-electron chi connectivity index (χ2n) is 7.69. The molecular formula is C20H28O2. The molecule has 0 fully saturated rings. The van der Waals surface area contributed by atoms with E-state index in [0.717, 1.165) is 17.9 Å². The third-order valence-corrected chi connectivity index (χ3v) is 3.81. The van der Waals surface area contributed by atoms with E-state index >= 15 is 0 Å². The molecule has 2 nitrogen and oxygen atoms in total. The molecular weight excluding hydrogens is 272 g/mol. The van der Waals surface area contributed by atoms with E-state index in [-0.39, 0.29) is 10.8 Å². The van der Waals surface area contributed by atoms with Crippen LogP contribution < -0.4 is 4.74 Å². The molecule has 0 amide bonds. The molecule has 1 aliphatic carbocycles. The van der Waals surface area contributed by atoms with Crippen LogP contribution in [0.25, 0.3) is 0 Å². The molecule has 0 N–H and O–H groups in total. The van der Waals surface area contributed by atoms with Crippen molar-refractivity contribution in [2.75, 3.05) is 13.2 Å². The van der Waals surface area contributed by atoms with Crippen molar-refractivity contribution in [1.29, 1.82) is 0 Å². The van der Waals surface area contributed by atoms with Crippen LogP contribution in [0.1, 0.15) is 39.7 Å². The number of hydrogen-bond donors (Lipinski definition) is 0. The van der Waals surface area contributed by atoms with Gasteiger partial charge in [-0.15, -0.1) is 0 Å². The minimum absolute atomic E-state index is 0.0352. The Morgan fingerprint density at radius 1 is 1.05 bits per heavy atom. The largest absolute Gasteiger partial charge is 0.493 e. The van der Waals surface area contributed by atoms with Gasteiger partial charge in [0.15, 0.2) is 0 Å². The summed E-state index contributed by atoms with van der Waals surface area (Å²) in [5.74, 6) is 1.89. The Morgan fingerprint density at radius 3 is 2.27 bits per heavy atom. The van der Waals surface area contributed by atoms with Crippen LogP contribution in [-0.2, 0) is 4.74 Å². The summed E-state index contributed by atoms with van der Waals surface area (Å²) in [6, 6.07) is 8.16. The highest BCUT2D eigenvalue weighted by molar-refractivity contribution is 5.26. The third-order valence-electron chi connectivity index (χ3n) is 3.81. The van der Waals surface area contributed by atoms with Gasteiger partial charge in [-0.25, -0.2) is 0 Å². The zero-order valence-electron chi connectivity index (χ0n) is 14.5. The van der Waals surface area contributed by atoms with E-state index < -0.39 is 0 Å². The van der Waals surface area contributed by atoms with Crippen molar-refractivity contribution in [2.45, 2.75) is 41.0 Å². The quantitative estimate of drug-likeness (QED) is 0.711. The highest BCUT2D eigenvalue weighted by Gasteiger charge is 2.22. The van der Waals surface area contributed by atoms with Crippen LogP contribution in [0.5, 0.6) is 5.75 Å². The molecule has 0 heterocycles. The smallest absolute Gasteiger partial charge is 0.119 e. The lowest BCUT2D eigenvalue weighted by molar-refractivity contribution is 0.0750. The molecule has 22 heavy (non-hydrogen) atoms. The second kappa shape index (κ2) is 6.60. The molecule has 1 aliphatic rings. The predicted octanol–water partition coefficient (Wildman–Crippen LogP) is 5.29. The number of aryl methyl sites for hydroxylation is 1. The first-order chi connectivity index (χ1) is 10.3. The topological polar surface area (TPSA) is 18.5 Å². The second-order valence-corrected chi connectivity index (χ2v) is 7.69. The Hall–Kier alpha value is -1.70. The zero-order chi connectivity index (χ0) is 16.2. The Balaban J connectivity index is 1.80. The first-order valence-electron chi connectivity index (χ1n) is 7.98. The molecule has 0 bridgehead atoms. The average molecular weight is 300 g/mol. The lowest BCUT2D eigenvalue weighted by Crippen LogP contribution is -2.27. The monoisotopic (exact) mass is 300 g/mol. The molecule has 2 rings (SSSR count). The minimum atomic E-state index is -0.0352. The summed E-state index contributed by atoms with van der Waals surface area (Å²) in [6.07, 6.45) is 7.51. The summed E-state index contributed by atoms with van der Waals surface area (Å²) in [4.78, 5) is 0. The standard InChI is InChI=1S/C20H28O2/c1-16-6-8-17(9-7-16)21-14-20(4,5)15-22-18-10-12-19(2,3)13-11-18/h6-12H,13-15H2,1-5H3. The summed E-state index contributed by atoms with van der Waals surface area (Å²) in [6.45, 7) is 12.2. The number of benzene rings is 1. The van der Waals surface area contributed by atoms with Crippen molar-refractivity contribution in [1.82, 2.24) is 0 Å². The van der Waals surface area contributed by atoms with Gasteiger partial charge in [-0.2, -0.15) is 0 Å². The molecule has 120 valence electrons. The van der Waals surface area contributed by atoms with E-state index in [9.17, 15) is 0 Å². The lowest BCUT2D eigenvalue weighted by atomic mass is 9.86. The van der Waals surface area contributed by atoms with Gasteiger partial charge in [-0.1, -0.05) is 51.5 Å². The van der Waals surface area contributed by atoms with Crippen molar-refractivity contribution >= 4 is 0 Å². The van der Waals surface area contributed by atoms with Crippen molar-refractivity contribution in [3.05, 3.63) is 53.8 Å². The highest BCUT2D eigenvalue weighted by Crippen LogP contribution is 2.29. The zero-order valence-corrected chi connectivity index (χ0v) is 14.5. The first-order valence-corrected chi connectivity index (χ1v) is 7.98. The minimum Gasteiger partial charge on any atom is -0.493 e. The SMILES string of the molecule is Cc1ccc(OCC(C)(C)COC2=CCC(C)(C)C=C2)cc1. The van der Waals surface area contributed by atoms with Crippen molar-refractivity contribution in [3.8, 4) is 5.75 Å². The van der Waals surface area contributed by atoms with E-state index in [1.807, 2.05) is 12.1 Å². The maximum Gasteiger partial charge on any atom is 0.119 e. The summed E-state index contributed by atoms with van der Waals surface area (Å²) in [5.41, 5.74) is 1.46. The third kappa shape index (κ3) is 5.25. The number of hydrogen-bond acceptors (Lipinski definition) is 2. The van der Waals surface area contributed by atoms with Gasteiger partial charge in [0.1, 0.15) is 11.5 Å². The molecule has 1 aromatic carbocycles. The van der Waals surface area contributed by atoms with Crippen molar-refractivity contribution < 1.29 is 9.47 Å². The van der Waals surface area contributed by atoms with Crippen molar-refractivity contribution in [3.63, 3.8) is 0 Å². The number of rotatable bonds is 6. The predicted molar refractivity (Wildman–Crippen MR) is 92.0 cm³/mol. The van der Waals surface area contributed by atoms with Gasteiger partial charge in [0.2, 0.25) is 0 Å². The molecule has 1 aromatic rings. The number of allylic oxidation sites excluding steroid dienone is 3. The van der Waals surface area contributed by atoms with Crippen LogP contribution in [0.3, 0.4) is 0 Å². The van der Waals surface area contributed by atoms with Crippen LogP contribution in [-0.4, -0.2) is 13.2 Å². The van der Waals surface area contributed by atoms with Gasteiger partial charge in [0.25, 0.3) is 0 Å². The molecule has 0 aliphatic heterocycles. The molecule has 0 radical (unpaired) electrons. The van der Waals surface area contributed by atoms with Crippen LogP contribution in [0.4, 0.5) is 0 Å². The fourth-order valence-electron chi connectivity index (χ4n) is 2.15. The van der Waals surface area contributed by atoms with Gasteiger partial charge < -0.3 is 9.47 Å². The fourth-order valence-corrected chi connectivity index (χ4v) is 2.15. The van der Waals surface area contributed by atoms with E-state index in [1.54, 1.807) is 0 Å². The molecule has 0 saturated heterocycles. The van der Waals surface area contributed by atoms with Crippen LogP contribution in [0.2, 0.25) is 0 Å². The maximum absolute atomic E-state index is 5.94. The van der Waals surface area contributed by atoms with E-state index in [2.05, 4.69) is 65.0 Å². The summed E-state index contributed by atoms with van der Waals surface area (Å²) in [5, 5.41) is 0. The Morgan fingerprint density at radius 2 is 1.68 bits per heavy atom. The van der Waals surface area contributed by atoms with Gasteiger partial charge in [0, 0.05) is 5.41 Å². The first kappa shape index (κ1) is 16.7. The maximum atomic E-state index is 5.94. The molecule has 0 aromatic heterocycles. The van der Waals surface area contributed by atoms with E-state index in [4.69, 9.17) is 9.47 Å². The van der Waals surface area contributed by atoms with Crippen LogP contribution in [0, 0.1) is 17.8 Å².